The molecule has 0 aromatic rings. The molecule has 0 saturated carbocycles. The third kappa shape index (κ3) is 17.8. The summed E-state index contributed by atoms with van der Waals surface area (Å²) in [7, 11) is -3.79. The molecular weight excluding hydrogens is 163 g/mol. The SMILES string of the molecule is NCCP(=O)(O)O.[H-].[H-].[Na+].[Na+]. The molecule has 0 unspecified atom stereocenters. The molecule has 0 aromatic heterocycles. The van der Waals surface area contributed by atoms with Crippen molar-refractivity contribution in [2.24, 2.45) is 5.73 Å². The fourth-order valence-corrected chi connectivity index (χ4v) is 0.505. The Kier molecular flexibility index (Phi) is 15.7. The quantitative estimate of drug-likeness (QED) is 0.286. The largest absolute Gasteiger partial charge is 1.00 e. The first-order valence-corrected chi connectivity index (χ1v) is 3.60. The van der Waals surface area contributed by atoms with E-state index >= 15 is 0 Å². The molecule has 0 saturated heterocycles. The van der Waals surface area contributed by atoms with Crippen LogP contribution in [0.3, 0.4) is 0 Å². The van der Waals surface area contributed by atoms with Crippen molar-refractivity contribution in [3.05, 3.63) is 0 Å². The van der Waals surface area contributed by atoms with E-state index in [1.54, 1.807) is 0 Å². The van der Waals surface area contributed by atoms with Crippen molar-refractivity contribution in [2.45, 2.75) is 0 Å². The summed E-state index contributed by atoms with van der Waals surface area (Å²) >= 11 is 0. The molecule has 0 radical (unpaired) electrons. The van der Waals surface area contributed by atoms with Gasteiger partial charge in [-0.2, -0.15) is 0 Å². The number of hydrogen-bond donors (Lipinski definition) is 3. The van der Waals surface area contributed by atoms with Crippen LogP contribution in [0, 0.1) is 0 Å². The molecule has 0 aliphatic rings. The van der Waals surface area contributed by atoms with Crippen LogP contribution >= 0.6 is 7.60 Å². The average Bonchev–Trinajstić information content (AvgIpc) is 1.30. The molecule has 0 bridgehead atoms. The van der Waals surface area contributed by atoms with Crippen LogP contribution < -0.4 is 64.8 Å². The van der Waals surface area contributed by atoms with Crippen LogP contribution in [-0.4, -0.2) is 22.5 Å². The second kappa shape index (κ2) is 8.21. The van der Waals surface area contributed by atoms with Gasteiger partial charge in [0.1, 0.15) is 0 Å². The zero-order valence-electron chi connectivity index (χ0n) is 7.74. The molecule has 0 aliphatic heterocycles. The Labute approximate surface area is 101 Å². The minimum absolute atomic E-state index is 0. The van der Waals surface area contributed by atoms with Crippen LogP contribution in [0.5, 0.6) is 0 Å². The van der Waals surface area contributed by atoms with Gasteiger partial charge in [0.15, 0.2) is 0 Å². The van der Waals surface area contributed by atoms with E-state index in [2.05, 4.69) is 0 Å². The van der Waals surface area contributed by atoms with Gasteiger partial charge in [-0.1, -0.05) is 0 Å². The van der Waals surface area contributed by atoms with Crippen LogP contribution in [0.2, 0.25) is 0 Å². The first-order chi connectivity index (χ1) is 3.06. The topological polar surface area (TPSA) is 83.6 Å². The van der Waals surface area contributed by atoms with Gasteiger partial charge < -0.3 is 18.4 Å². The maximum Gasteiger partial charge on any atom is 1.00 e. The van der Waals surface area contributed by atoms with Gasteiger partial charge in [-0.05, 0) is 0 Å². The first-order valence-electron chi connectivity index (χ1n) is 1.81. The van der Waals surface area contributed by atoms with E-state index in [9.17, 15) is 4.57 Å². The van der Waals surface area contributed by atoms with Crippen LogP contribution in [0.1, 0.15) is 2.85 Å². The predicted octanol–water partition coefficient (Wildman–Crippen LogP) is -6.64. The zero-order valence-corrected chi connectivity index (χ0v) is 10.6. The van der Waals surface area contributed by atoms with Gasteiger partial charge in [0.25, 0.3) is 0 Å². The minimum Gasteiger partial charge on any atom is -1.00 e. The third-order valence-corrected chi connectivity index (χ3v) is 1.26. The fraction of sp³-hybridized carbons (Fsp3) is 1.00. The van der Waals surface area contributed by atoms with Crippen LogP contribution in [0.15, 0.2) is 0 Å². The van der Waals surface area contributed by atoms with E-state index in [-0.39, 0.29) is 74.7 Å². The van der Waals surface area contributed by atoms with E-state index in [4.69, 9.17) is 15.5 Å². The van der Waals surface area contributed by atoms with Gasteiger partial charge in [-0.15, -0.1) is 0 Å². The van der Waals surface area contributed by atoms with Crippen molar-refractivity contribution < 1.29 is 76.3 Å². The summed E-state index contributed by atoms with van der Waals surface area (Å²) in [6.07, 6.45) is -0.215. The number of rotatable bonds is 2. The Hall–Kier alpha value is 2.11. The Morgan fingerprint density at radius 2 is 1.78 bits per heavy atom. The predicted molar refractivity (Wildman–Crippen MR) is 28.2 cm³/mol. The summed E-state index contributed by atoms with van der Waals surface area (Å²) in [5.41, 5.74) is 4.82. The summed E-state index contributed by atoms with van der Waals surface area (Å²) in [6, 6.07) is 0. The molecule has 7 heteroatoms. The van der Waals surface area contributed by atoms with Crippen molar-refractivity contribution in [3.63, 3.8) is 0 Å². The molecule has 0 rings (SSSR count). The molecule has 4 N–H and O–H groups in total. The van der Waals surface area contributed by atoms with Crippen LogP contribution in [-0.2, 0) is 4.57 Å². The molecule has 48 valence electrons. The molecule has 4 nitrogen and oxygen atoms in total. The smallest absolute Gasteiger partial charge is 1.00 e. The van der Waals surface area contributed by atoms with Gasteiger partial charge >= 0.3 is 66.7 Å². The third-order valence-electron chi connectivity index (χ3n) is 0.420. The van der Waals surface area contributed by atoms with Gasteiger partial charge in [0.05, 0.1) is 6.16 Å². The maximum atomic E-state index is 9.85. The van der Waals surface area contributed by atoms with Crippen LogP contribution in [0.4, 0.5) is 0 Å². The molecule has 0 aromatic carbocycles. The summed E-state index contributed by atoms with van der Waals surface area (Å²) < 4.78 is 9.85. The summed E-state index contributed by atoms with van der Waals surface area (Å²) in [5.74, 6) is 0. The summed E-state index contributed by atoms with van der Waals surface area (Å²) in [6.45, 7) is 0.0459. The van der Waals surface area contributed by atoms with Crippen molar-refractivity contribution in [3.8, 4) is 0 Å². The zero-order chi connectivity index (χ0) is 5.91. The number of nitrogens with two attached hydrogens (primary N) is 1. The van der Waals surface area contributed by atoms with E-state index < -0.39 is 7.60 Å². The second-order valence-corrected chi connectivity index (χ2v) is 2.95. The van der Waals surface area contributed by atoms with E-state index in [0.29, 0.717) is 0 Å². The minimum atomic E-state index is -3.79. The van der Waals surface area contributed by atoms with Gasteiger partial charge in [0, 0.05) is 6.54 Å². The Bertz CT molecular complexity index is 101. The Balaban J connectivity index is -0.0000000300. The standard InChI is InChI=1S/C2H8NO3P.2Na.2H/c3-1-2-7(4,5)6;;;;/h1-3H2,(H2,4,5,6);;;;/q;2*+1;2*-1. The van der Waals surface area contributed by atoms with E-state index in [1.165, 1.54) is 0 Å². The Morgan fingerprint density at radius 3 is 1.78 bits per heavy atom. The van der Waals surface area contributed by atoms with Gasteiger partial charge in [-0.25, -0.2) is 0 Å². The molecule has 0 fully saturated rings. The molecule has 0 spiro atoms. The van der Waals surface area contributed by atoms with E-state index in [1.807, 2.05) is 0 Å². The molecule has 0 heterocycles. The van der Waals surface area contributed by atoms with Crippen molar-refractivity contribution in [1.82, 2.24) is 0 Å². The normalized spacial score (nSPS) is 9.22. The van der Waals surface area contributed by atoms with Crippen molar-refractivity contribution in [2.75, 3.05) is 12.7 Å². The van der Waals surface area contributed by atoms with Crippen LogP contribution in [0.25, 0.3) is 0 Å². The fourth-order valence-electron chi connectivity index (χ4n) is 0.168. The Morgan fingerprint density at radius 1 is 1.44 bits per heavy atom. The molecule has 0 aliphatic carbocycles. The molecule has 0 atom stereocenters. The van der Waals surface area contributed by atoms with Crippen molar-refractivity contribution in [1.29, 1.82) is 0 Å². The molecular formula is C2H10NNa2O3P. The first kappa shape index (κ1) is 17.3. The monoisotopic (exact) mass is 173 g/mol. The van der Waals surface area contributed by atoms with Gasteiger partial charge in [0.2, 0.25) is 0 Å². The van der Waals surface area contributed by atoms with Gasteiger partial charge in [-0.3, -0.25) is 4.57 Å². The van der Waals surface area contributed by atoms with E-state index in [0.717, 1.165) is 0 Å². The summed E-state index contributed by atoms with van der Waals surface area (Å²) in [5, 5.41) is 0. The maximum absolute atomic E-state index is 9.85. The second-order valence-electron chi connectivity index (χ2n) is 1.18. The average molecular weight is 173 g/mol. The molecule has 0 amide bonds. The molecule has 9 heavy (non-hydrogen) atoms. The summed E-state index contributed by atoms with van der Waals surface area (Å²) in [4.78, 5) is 16.1. The number of hydrogen-bond acceptors (Lipinski definition) is 2. The van der Waals surface area contributed by atoms with Crippen molar-refractivity contribution >= 4 is 7.60 Å².